The molecule has 4 rings (SSSR count). The maximum Gasteiger partial charge on any atom is 0.408 e. The Morgan fingerprint density at radius 3 is 2.70 bits per heavy atom. The Balaban J connectivity index is 1.78. The molecule has 140 valence electrons. The minimum Gasteiger partial charge on any atom is -0.465 e. The van der Waals surface area contributed by atoms with Gasteiger partial charge in [-0.3, -0.25) is 4.90 Å². The van der Waals surface area contributed by atoms with Gasteiger partial charge in [0.05, 0.1) is 10.2 Å². The Morgan fingerprint density at radius 2 is 2.04 bits per heavy atom. The van der Waals surface area contributed by atoms with E-state index in [1.807, 2.05) is 24.3 Å². The fourth-order valence-electron chi connectivity index (χ4n) is 3.22. The number of halogens is 1. The summed E-state index contributed by atoms with van der Waals surface area (Å²) in [5.41, 5.74) is 1.38. The monoisotopic (exact) mass is 402 g/mol. The van der Waals surface area contributed by atoms with Crippen LogP contribution in [0.1, 0.15) is 35.6 Å². The van der Waals surface area contributed by atoms with E-state index in [4.69, 9.17) is 11.6 Å². The van der Waals surface area contributed by atoms with E-state index >= 15 is 0 Å². The zero-order chi connectivity index (χ0) is 19.0. The van der Waals surface area contributed by atoms with Crippen LogP contribution in [0.5, 0.6) is 0 Å². The second kappa shape index (κ2) is 7.46. The molecule has 0 aliphatic heterocycles. The van der Waals surface area contributed by atoms with E-state index in [1.165, 1.54) is 16.2 Å². The van der Waals surface area contributed by atoms with Crippen molar-refractivity contribution >= 4 is 39.2 Å². The summed E-state index contributed by atoms with van der Waals surface area (Å²) >= 11 is 7.50. The van der Waals surface area contributed by atoms with Gasteiger partial charge in [-0.05, 0) is 48.6 Å². The maximum absolute atomic E-state index is 12.1. The number of aromatic nitrogens is 1. The molecule has 1 saturated carbocycles. The number of fused-ring (bicyclic) bond motifs is 1. The third-order valence-electron chi connectivity index (χ3n) is 4.79. The Bertz CT molecular complexity index is 940. The van der Waals surface area contributed by atoms with Crippen LogP contribution in [0.3, 0.4) is 0 Å². The minimum atomic E-state index is -1.06. The van der Waals surface area contributed by atoms with Crippen molar-refractivity contribution in [3.05, 3.63) is 64.1 Å². The fourth-order valence-corrected chi connectivity index (χ4v) is 4.53. The van der Waals surface area contributed by atoms with Crippen molar-refractivity contribution in [3.8, 4) is 0 Å². The predicted molar refractivity (Wildman–Crippen MR) is 106 cm³/mol. The highest BCUT2D eigenvalue weighted by molar-refractivity contribution is 7.18. The van der Waals surface area contributed by atoms with E-state index in [-0.39, 0.29) is 0 Å². The molecule has 1 aliphatic rings. The molecule has 27 heavy (non-hydrogen) atoms. The molecular weight excluding hydrogens is 384 g/mol. The molecule has 2 aromatic carbocycles. The molecule has 0 saturated heterocycles. The van der Waals surface area contributed by atoms with Crippen LogP contribution in [0.4, 0.5) is 4.79 Å². The van der Waals surface area contributed by atoms with Crippen LogP contribution < -0.4 is 0 Å². The van der Waals surface area contributed by atoms with Crippen LogP contribution in [0, 0.1) is 5.92 Å². The van der Waals surface area contributed by atoms with Crippen molar-refractivity contribution in [2.45, 2.75) is 25.0 Å². The lowest BCUT2D eigenvalue weighted by atomic mass is 10.0. The van der Waals surface area contributed by atoms with Crippen molar-refractivity contribution in [2.24, 2.45) is 5.92 Å². The Kier molecular flexibility index (Phi) is 5.04. The first-order valence-corrected chi connectivity index (χ1v) is 10.0. The maximum atomic E-state index is 12.1. The number of aliphatic hydroxyl groups is 1. The molecular formula is C20H19ClN2O3S. The van der Waals surface area contributed by atoms with Crippen LogP contribution >= 0.6 is 22.9 Å². The van der Waals surface area contributed by atoms with Gasteiger partial charge in [-0.1, -0.05) is 35.9 Å². The normalized spacial score (nSPS) is 16.2. The fraction of sp³-hybridized carbons (Fsp3) is 0.300. The Morgan fingerprint density at radius 1 is 1.26 bits per heavy atom. The zero-order valence-corrected chi connectivity index (χ0v) is 16.0. The van der Waals surface area contributed by atoms with Gasteiger partial charge in [-0.25, -0.2) is 9.78 Å². The Hall–Kier alpha value is -2.15. The number of nitrogens with zero attached hydrogens (tertiary/aromatic N) is 2. The number of carbonyl (C=O) groups is 1. The van der Waals surface area contributed by atoms with Crippen molar-refractivity contribution in [2.75, 3.05) is 6.54 Å². The third-order valence-corrected chi connectivity index (χ3v) is 6.13. The first-order valence-electron chi connectivity index (χ1n) is 8.81. The summed E-state index contributed by atoms with van der Waals surface area (Å²) in [5, 5.41) is 22.1. The van der Waals surface area contributed by atoms with Gasteiger partial charge in [0.25, 0.3) is 0 Å². The van der Waals surface area contributed by atoms with Crippen LogP contribution in [-0.4, -0.2) is 32.7 Å². The average Bonchev–Trinajstić information content (AvgIpc) is 3.37. The van der Waals surface area contributed by atoms with E-state index in [0.717, 1.165) is 23.1 Å². The minimum absolute atomic E-state index is 0.351. The van der Waals surface area contributed by atoms with E-state index in [2.05, 4.69) is 4.98 Å². The van der Waals surface area contributed by atoms with Crippen molar-refractivity contribution in [3.63, 3.8) is 0 Å². The molecule has 0 spiro atoms. The number of benzene rings is 2. The third kappa shape index (κ3) is 3.93. The lowest BCUT2D eigenvalue weighted by Gasteiger charge is -2.32. The van der Waals surface area contributed by atoms with Crippen molar-refractivity contribution in [1.82, 2.24) is 9.88 Å². The van der Waals surface area contributed by atoms with Crippen LogP contribution in [0.2, 0.25) is 5.02 Å². The van der Waals surface area contributed by atoms with Gasteiger partial charge >= 0.3 is 6.09 Å². The number of rotatable bonds is 6. The number of hydrogen-bond donors (Lipinski definition) is 2. The number of thiazole rings is 1. The number of aliphatic hydroxyl groups excluding tert-OH is 1. The first-order chi connectivity index (χ1) is 13.0. The van der Waals surface area contributed by atoms with Crippen LogP contribution in [-0.2, 0) is 0 Å². The topological polar surface area (TPSA) is 73.7 Å². The lowest BCUT2D eigenvalue weighted by Crippen LogP contribution is -2.38. The molecule has 1 fully saturated rings. The number of carboxylic acid groups (broad SMARTS) is 1. The van der Waals surface area contributed by atoms with Gasteiger partial charge in [0.1, 0.15) is 17.2 Å². The van der Waals surface area contributed by atoms with Gasteiger partial charge in [-0.15, -0.1) is 11.3 Å². The molecule has 1 amide bonds. The molecule has 1 aromatic heterocycles. The predicted octanol–water partition coefficient (Wildman–Crippen LogP) is 5.11. The average molecular weight is 403 g/mol. The molecule has 5 nitrogen and oxygen atoms in total. The smallest absolute Gasteiger partial charge is 0.408 e. The van der Waals surface area contributed by atoms with Gasteiger partial charge < -0.3 is 10.2 Å². The van der Waals surface area contributed by atoms with Crippen molar-refractivity contribution in [1.29, 1.82) is 0 Å². The molecule has 2 atom stereocenters. The standard InChI is InChI=1S/C20H19ClN2O3S/c21-14-5-3-4-13(10-14)18(24)17(23(20(25)26)11-12-8-9-12)19-22-15-6-1-2-7-16(15)27-19/h1-7,10,12,17-18,24H,8-9,11H2,(H,25,26)/t17-,18+/m1/s1. The summed E-state index contributed by atoms with van der Waals surface area (Å²) in [4.78, 5) is 18.0. The van der Waals surface area contributed by atoms with Crippen LogP contribution in [0.15, 0.2) is 48.5 Å². The molecule has 1 heterocycles. The SMILES string of the molecule is O=C(O)N(CC1CC1)[C@@H](c1nc2ccccc2s1)[C@@H](O)c1cccc(Cl)c1. The highest BCUT2D eigenvalue weighted by atomic mass is 35.5. The molecule has 7 heteroatoms. The van der Waals surface area contributed by atoms with Crippen LogP contribution in [0.25, 0.3) is 10.2 Å². The molecule has 0 bridgehead atoms. The Labute approximate surface area is 165 Å². The highest BCUT2D eigenvalue weighted by Gasteiger charge is 2.38. The summed E-state index contributed by atoms with van der Waals surface area (Å²) in [6.07, 6.45) is -0.0703. The number of hydrogen-bond acceptors (Lipinski definition) is 4. The molecule has 0 unspecified atom stereocenters. The molecule has 2 N–H and O–H groups in total. The zero-order valence-electron chi connectivity index (χ0n) is 14.5. The number of para-hydroxylation sites is 1. The quantitative estimate of drug-likeness (QED) is 0.600. The summed E-state index contributed by atoms with van der Waals surface area (Å²) in [7, 11) is 0. The van der Waals surface area contributed by atoms with Gasteiger partial charge in [0.15, 0.2) is 0 Å². The largest absolute Gasteiger partial charge is 0.465 e. The lowest BCUT2D eigenvalue weighted by molar-refractivity contribution is 0.0442. The first kappa shape index (κ1) is 18.2. The van der Waals surface area contributed by atoms with E-state index in [9.17, 15) is 15.0 Å². The molecule has 1 aliphatic carbocycles. The molecule has 0 radical (unpaired) electrons. The van der Waals surface area contributed by atoms with Gasteiger partial charge in [-0.2, -0.15) is 0 Å². The van der Waals surface area contributed by atoms with Gasteiger partial charge in [0, 0.05) is 11.6 Å². The van der Waals surface area contributed by atoms with E-state index in [1.54, 1.807) is 24.3 Å². The van der Waals surface area contributed by atoms with E-state index in [0.29, 0.717) is 28.1 Å². The molecule has 3 aromatic rings. The summed E-state index contributed by atoms with van der Waals surface area (Å²) < 4.78 is 0.965. The highest BCUT2D eigenvalue weighted by Crippen LogP contribution is 2.41. The second-order valence-corrected chi connectivity index (χ2v) is 8.34. The van der Waals surface area contributed by atoms with Gasteiger partial charge in [0.2, 0.25) is 0 Å². The summed E-state index contributed by atoms with van der Waals surface area (Å²) in [6, 6.07) is 13.8. The van der Waals surface area contributed by atoms with Crippen molar-refractivity contribution < 1.29 is 15.0 Å². The van der Waals surface area contributed by atoms with E-state index < -0.39 is 18.2 Å². The number of amides is 1. The summed E-state index contributed by atoms with van der Waals surface area (Å²) in [5.74, 6) is 0.351. The second-order valence-electron chi connectivity index (χ2n) is 6.84. The summed E-state index contributed by atoms with van der Waals surface area (Å²) in [6.45, 7) is 0.396.